The quantitative estimate of drug-likeness (QED) is 0.861. The maximum atomic E-state index is 12.6. The molecule has 1 saturated heterocycles. The highest BCUT2D eigenvalue weighted by molar-refractivity contribution is 5.85. The summed E-state index contributed by atoms with van der Waals surface area (Å²) in [4.78, 5) is 28.3. The third-order valence-corrected chi connectivity index (χ3v) is 5.38. The van der Waals surface area contributed by atoms with E-state index in [0.29, 0.717) is 12.8 Å². The summed E-state index contributed by atoms with van der Waals surface area (Å²) in [6, 6.07) is 0.267. The van der Waals surface area contributed by atoms with E-state index in [1.54, 1.807) is 0 Å². The van der Waals surface area contributed by atoms with Gasteiger partial charge in [0.25, 0.3) is 0 Å². The van der Waals surface area contributed by atoms with Crippen molar-refractivity contribution < 1.29 is 14.7 Å². The lowest BCUT2D eigenvalue weighted by molar-refractivity contribution is -0.156. The number of likely N-dealkylation sites (tertiary alicyclic amines) is 1. The topological polar surface area (TPSA) is 60.9 Å². The first kappa shape index (κ1) is 16.3. The molecule has 1 aliphatic carbocycles. The van der Waals surface area contributed by atoms with Crippen LogP contribution in [0.2, 0.25) is 0 Å². The molecule has 1 saturated carbocycles. The average Bonchev–Trinajstić information content (AvgIpc) is 2.48. The van der Waals surface area contributed by atoms with Gasteiger partial charge in [0.2, 0.25) is 5.91 Å². The summed E-state index contributed by atoms with van der Waals surface area (Å²) in [6.45, 7) is 2.01. The maximum Gasteiger partial charge on any atom is 0.310 e. The Balaban J connectivity index is 1.96. The SMILES string of the molecule is CN1CCC(N(C)C(=O)CC2(C(=O)O)CCCCC2)CC1. The molecule has 0 aromatic heterocycles. The molecule has 5 heteroatoms. The number of hydrogen-bond acceptors (Lipinski definition) is 3. The smallest absolute Gasteiger partial charge is 0.310 e. The molecule has 0 bridgehead atoms. The van der Waals surface area contributed by atoms with Gasteiger partial charge >= 0.3 is 5.97 Å². The first-order valence-corrected chi connectivity index (χ1v) is 8.12. The summed E-state index contributed by atoms with van der Waals surface area (Å²) in [5, 5.41) is 9.59. The zero-order valence-electron chi connectivity index (χ0n) is 13.3. The molecule has 0 atom stereocenters. The summed E-state index contributed by atoms with van der Waals surface area (Å²) in [6.07, 6.45) is 6.39. The number of nitrogens with zero attached hydrogens (tertiary/aromatic N) is 2. The molecule has 0 spiro atoms. The van der Waals surface area contributed by atoms with Crippen LogP contribution >= 0.6 is 0 Å². The Morgan fingerprint density at radius 1 is 1.19 bits per heavy atom. The molecule has 0 aromatic rings. The molecular weight excluding hydrogens is 268 g/mol. The molecule has 2 rings (SSSR count). The molecule has 0 radical (unpaired) electrons. The van der Waals surface area contributed by atoms with Crippen LogP contribution in [-0.4, -0.2) is 60.0 Å². The molecule has 0 unspecified atom stereocenters. The van der Waals surface area contributed by atoms with Gasteiger partial charge in [-0.2, -0.15) is 0 Å². The van der Waals surface area contributed by atoms with Crippen LogP contribution in [0, 0.1) is 5.41 Å². The average molecular weight is 296 g/mol. The van der Waals surface area contributed by atoms with E-state index < -0.39 is 11.4 Å². The zero-order chi connectivity index (χ0) is 15.5. The zero-order valence-corrected chi connectivity index (χ0v) is 13.3. The lowest BCUT2D eigenvalue weighted by Crippen LogP contribution is -2.47. The molecule has 1 aliphatic heterocycles. The number of rotatable bonds is 4. The van der Waals surface area contributed by atoms with E-state index in [4.69, 9.17) is 0 Å². The van der Waals surface area contributed by atoms with Crippen molar-refractivity contribution in [1.29, 1.82) is 0 Å². The predicted molar refractivity (Wildman–Crippen MR) is 81.1 cm³/mol. The molecule has 5 nitrogen and oxygen atoms in total. The molecule has 120 valence electrons. The number of hydrogen-bond donors (Lipinski definition) is 1. The van der Waals surface area contributed by atoms with E-state index in [-0.39, 0.29) is 18.4 Å². The highest BCUT2D eigenvalue weighted by atomic mass is 16.4. The van der Waals surface area contributed by atoms with Crippen LogP contribution in [0.4, 0.5) is 0 Å². The highest BCUT2D eigenvalue weighted by Gasteiger charge is 2.42. The monoisotopic (exact) mass is 296 g/mol. The maximum absolute atomic E-state index is 12.6. The second-order valence-corrected chi connectivity index (χ2v) is 6.86. The van der Waals surface area contributed by atoms with Gasteiger partial charge in [0.15, 0.2) is 0 Å². The normalized spacial score (nSPS) is 23.7. The lowest BCUT2D eigenvalue weighted by Gasteiger charge is -2.38. The first-order chi connectivity index (χ1) is 9.94. The van der Waals surface area contributed by atoms with Crippen LogP contribution in [0.5, 0.6) is 0 Å². The van der Waals surface area contributed by atoms with E-state index in [9.17, 15) is 14.7 Å². The number of carboxylic acids is 1. The van der Waals surface area contributed by atoms with Gasteiger partial charge in [-0.05, 0) is 45.8 Å². The molecule has 1 heterocycles. The Morgan fingerprint density at radius 2 is 1.76 bits per heavy atom. The number of amides is 1. The fraction of sp³-hybridized carbons (Fsp3) is 0.875. The van der Waals surface area contributed by atoms with Crippen molar-refractivity contribution in [2.75, 3.05) is 27.2 Å². The van der Waals surface area contributed by atoms with E-state index in [2.05, 4.69) is 11.9 Å². The predicted octanol–water partition coefficient (Wildman–Crippen LogP) is 1.96. The second kappa shape index (κ2) is 6.77. The number of carboxylic acid groups (broad SMARTS) is 1. The molecule has 21 heavy (non-hydrogen) atoms. The van der Waals surface area contributed by atoms with Crippen molar-refractivity contribution in [1.82, 2.24) is 9.80 Å². The number of carbonyl (C=O) groups is 2. The summed E-state index contributed by atoms with van der Waals surface area (Å²) < 4.78 is 0. The van der Waals surface area contributed by atoms with Gasteiger partial charge in [-0.1, -0.05) is 19.3 Å². The van der Waals surface area contributed by atoms with Crippen LogP contribution in [0.3, 0.4) is 0 Å². The van der Waals surface area contributed by atoms with E-state index >= 15 is 0 Å². The van der Waals surface area contributed by atoms with Gasteiger partial charge in [0.05, 0.1) is 5.41 Å². The van der Waals surface area contributed by atoms with Crippen molar-refractivity contribution in [2.24, 2.45) is 5.41 Å². The first-order valence-electron chi connectivity index (χ1n) is 8.12. The molecule has 1 amide bonds. The largest absolute Gasteiger partial charge is 0.481 e. The fourth-order valence-corrected chi connectivity index (χ4v) is 3.69. The van der Waals surface area contributed by atoms with Crippen LogP contribution in [-0.2, 0) is 9.59 Å². The van der Waals surface area contributed by atoms with E-state index in [1.807, 2.05) is 11.9 Å². The minimum absolute atomic E-state index is 0.00820. The molecule has 2 aliphatic rings. The number of carbonyl (C=O) groups excluding carboxylic acids is 1. The van der Waals surface area contributed by atoms with Crippen molar-refractivity contribution >= 4 is 11.9 Å². The molecule has 1 N–H and O–H groups in total. The summed E-state index contributed by atoms with van der Waals surface area (Å²) in [5.41, 5.74) is -0.810. The van der Waals surface area contributed by atoms with Gasteiger partial charge in [-0.25, -0.2) is 0 Å². The number of aliphatic carboxylic acids is 1. The van der Waals surface area contributed by atoms with Gasteiger partial charge in [-0.15, -0.1) is 0 Å². The Bertz CT molecular complexity index is 383. The molecule has 0 aromatic carbocycles. The third kappa shape index (κ3) is 3.76. The minimum Gasteiger partial charge on any atom is -0.481 e. The van der Waals surface area contributed by atoms with Crippen LogP contribution in [0.15, 0.2) is 0 Å². The van der Waals surface area contributed by atoms with Gasteiger partial charge in [-0.3, -0.25) is 9.59 Å². The fourth-order valence-electron chi connectivity index (χ4n) is 3.69. The third-order valence-electron chi connectivity index (χ3n) is 5.38. The van der Waals surface area contributed by atoms with Crippen LogP contribution in [0.1, 0.15) is 51.4 Å². The summed E-state index contributed by atoms with van der Waals surface area (Å²) in [7, 11) is 3.94. The minimum atomic E-state index is -0.810. The number of piperidine rings is 1. The second-order valence-electron chi connectivity index (χ2n) is 6.86. The van der Waals surface area contributed by atoms with Crippen molar-refractivity contribution in [2.45, 2.75) is 57.4 Å². The van der Waals surface area contributed by atoms with E-state index in [0.717, 1.165) is 45.2 Å². The summed E-state index contributed by atoms with van der Waals surface area (Å²) in [5.74, 6) is -0.777. The van der Waals surface area contributed by atoms with Gasteiger partial charge in [0, 0.05) is 19.5 Å². The Kier molecular flexibility index (Phi) is 5.25. The summed E-state index contributed by atoms with van der Waals surface area (Å²) >= 11 is 0. The van der Waals surface area contributed by atoms with E-state index in [1.165, 1.54) is 0 Å². The van der Waals surface area contributed by atoms with Crippen LogP contribution < -0.4 is 0 Å². The van der Waals surface area contributed by atoms with Crippen molar-refractivity contribution in [3.8, 4) is 0 Å². The van der Waals surface area contributed by atoms with Gasteiger partial charge in [0.1, 0.15) is 0 Å². The Morgan fingerprint density at radius 3 is 2.29 bits per heavy atom. The Labute approximate surface area is 127 Å². The standard InChI is InChI=1S/C16H28N2O3/c1-17-10-6-13(7-11-17)18(2)14(19)12-16(15(20)21)8-4-3-5-9-16/h13H,3-12H2,1-2H3,(H,20,21). The van der Waals surface area contributed by atoms with Crippen LogP contribution in [0.25, 0.3) is 0 Å². The lowest BCUT2D eigenvalue weighted by atomic mass is 9.71. The highest BCUT2D eigenvalue weighted by Crippen LogP contribution is 2.40. The molecular formula is C16H28N2O3. The van der Waals surface area contributed by atoms with Crippen molar-refractivity contribution in [3.05, 3.63) is 0 Å². The van der Waals surface area contributed by atoms with Gasteiger partial charge < -0.3 is 14.9 Å². The Hall–Kier alpha value is -1.10. The van der Waals surface area contributed by atoms with Crippen molar-refractivity contribution in [3.63, 3.8) is 0 Å². The molecule has 2 fully saturated rings.